The molecule has 0 amide bonds. The lowest BCUT2D eigenvalue weighted by atomic mass is 9.98. The van der Waals surface area contributed by atoms with Gasteiger partial charge in [0.05, 0.1) is 0 Å². The number of benzene rings is 2. The van der Waals surface area contributed by atoms with Crippen LogP contribution in [-0.4, -0.2) is 32.0 Å². The number of hydrogen-bond acceptors (Lipinski definition) is 4. The van der Waals surface area contributed by atoms with Gasteiger partial charge in [-0.15, -0.1) is 0 Å². The van der Waals surface area contributed by atoms with E-state index in [0.29, 0.717) is 19.5 Å². The second-order valence-electron chi connectivity index (χ2n) is 8.66. The third kappa shape index (κ3) is 6.17. The number of carboxylic acids is 1. The van der Waals surface area contributed by atoms with E-state index >= 15 is 0 Å². The number of unbranched alkanes of at least 4 members (excludes halogenated alkanes) is 2. The van der Waals surface area contributed by atoms with Crippen molar-refractivity contribution in [2.24, 2.45) is 0 Å². The number of para-hydroxylation sites is 1. The minimum atomic E-state index is -1.31. The predicted molar refractivity (Wildman–Crippen MR) is 132 cm³/mol. The topological polar surface area (TPSA) is 94.7 Å². The molecule has 176 valence electrons. The summed E-state index contributed by atoms with van der Waals surface area (Å²) in [5.74, 6) is -0.710. The Morgan fingerprint density at radius 1 is 0.970 bits per heavy atom. The van der Waals surface area contributed by atoms with Crippen molar-refractivity contribution in [3.05, 3.63) is 71.9 Å². The summed E-state index contributed by atoms with van der Waals surface area (Å²) in [5.41, 5.74) is 5.03. The number of rotatable bonds is 12. The molecule has 1 aromatic heterocycles. The van der Waals surface area contributed by atoms with Gasteiger partial charge < -0.3 is 25.2 Å². The molecule has 2 aromatic carbocycles. The van der Waals surface area contributed by atoms with Gasteiger partial charge in [0.15, 0.2) is 12.0 Å². The molecule has 4 N–H and O–H groups in total. The highest BCUT2D eigenvalue weighted by molar-refractivity contribution is 5.75. The highest BCUT2D eigenvalue weighted by Crippen LogP contribution is 2.41. The molecule has 3 aromatic rings. The van der Waals surface area contributed by atoms with E-state index in [1.165, 1.54) is 0 Å². The van der Waals surface area contributed by atoms with Crippen molar-refractivity contribution in [1.82, 2.24) is 4.57 Å². The Labute approximate surface area is 195 Å². The van der Waals surface area contributed by atoms with Crippen LogP contribution in [0.1, 0.15) is 56.7 Å². The van der Waals surface area contributed by atoms with Crippen LogP contribution in [0.15, 0.2) is 60.7 Å². The number of carbonyl (C=O) groups is 1. The van der Waals surface area contributed by atoms with E-state index in [9.17, 15) is 15.0 Å². The molecule has 0 radical (unpaired) electrons. The molecule has 0 saturated carbocycles. The van der Waals surface area contributed by atoms with Gasteiger partial charge in [0, 0.05) is 35.6 Å². The molecule has 3 rings (SSSR count). The highest BCUT2D eigenvalue weighted by atomic mass is 16.4. The number of aliphatic hydroxyl groups is 1. The van der Waals surface area contributed by atoms with Crippen LogP contribution in [0.5, 0.6) is 5.88 Å². The van der Waals surface area contributed by atoms with Gasteiger partial charge >= 0.3 is 5.97 Å². The Bertz CT molecular complexity index is 1030. The lowest BCUT2D eigenvalue weighted by Gasteiger charge is -2.16. The third-order valence-electron chi connectivity index (χ3n) is 5.88. The van der Waals surface area contributed by atoms with Crippen molar-refractivity contribution in [2.45, 2.75) is 64.6 Å². The van der Waals surface area contributed by atoms with Gasteiger partial charge in [-0.3, -0.25) is 0 Å². The number of hydrogen-bond donors (Lipinski definition) is 4. The Kier molecular flexibility index (Phi) is 8.55. The zero-order chi connectivity index (χ0) is 23.8. The maximum Gasteiger partial charge on any atom is 0.332 e. The molecule has 0 aliphatic rings. The fourth-order valence-corrected chi connectivity index (χ4v) is 4.30. The average molecular weight is 451 g/mol. The first-order chi connectivity index (χ1) is 15.9. The maximum atomic E-state index is 11.3. The molecule has 1 unspecified atom stereocenters. The fraction of sp³-hybridized carbons (Fsp3) is 0.370. The minimum Gasteiger partial charge on any atom is -0.494 e. The van der Waals surface area contributed by atoms with Crippen molar-refractivity contribution in [1.29, 1.82) is 0 Å². The summed E-state index contributed by atoms with van der Waals surface area (Å²) >= 11 is 0. The van der Waals surface area contributed by atoms with E-state index in [2.05, 4.69) is 19.2 Å². The lowest BCUT2D eigenvalue weighted by Crippen LogP contribution is -2.18. The largest absolute Gasteiger partial charge is 0.494 e. The molecule has 1 atom stereocenters. The van der Waals surface area contributed by atoms with Crippen LogP contribution in [-0.2, 0) is 17.9 Å². The van der Waals surface area contributed by atoms with Crippen LogP contribution >= 0.6 is 0 Å². The van der Waals surface area contributed by atoms with Gasteiger partial charge in [0.1, 0.15) is 0 Å². The Balaban J connectivity index is 1.87. The van der Waals surface area contributed by atoms with Gasteiger partial charge in [-0.1, -0.05) is 75.2 Å². The van der Waals surface area contributed by atoms with E-state index in [4.69, 9.17) is 5.11 Å². The van der Waals surface area contributed by atoms with Crippen molar-refractivity contribution in [3.8, 4) is 17.0 Å². The van der Waals surface area contributed by atoms with E-state index in [-0.39, 0.29) is 18.2 Å². The van der Waals surface area contributed by atoms with Crippen molar-refractivity contribution < 1.29 is 20.1 Å². The number of anilines is 1. The summed E-state index contributed by atoms with van der Waals surface area (Å²) in [5, 5.41) is 33.1. The molecule has 33 heavy (non-hydrogen) atoms. The highest BCUT2D eigenvalue weighted by Gasteiger charge is 2.25. The number of aliphatic carboxylic acids is 1. The van der Waals surface area contributed by atoms with Crippen molar-refractivity contribution >= 4 is 11.7 Å². The molecule has 0 fully saturated rings. The standard InChI is InChI=1S/C27H34N2O4/c1-19(2)25-22(18-28-21-14-8-4-9-15-21)24(20-12-6-3-7-13-20)26(31)29(25)17-11-5-10-16-23(30)27(32)33/h3-4,6-9,12-15,19,23,28,30-31H,5,10-11,16-18H2,1-2H3,(H,32,33). The first-order valence-corrected chi connectivity index (χ1v) is 11.6. The van der Waals surface area contributed by atoms with E-state index < -0.39 is 12.1 Å². The number of aromatic nitrogens is 1. The van der Waals surface area contributed by atoms with Crippen molar-refractivity contribution in [2.75, 3.05) is 5.32 Å². The second-order valence-corrected chi connectivity index (χ2v) is 8.66. The molecule has 0 spiro atoms. The number of aliphatic hydroxyl groups excluding tert-OH is 1. The smallest absolute Gasteiger partial charge is 0.332 e. The first-order valence-electron chi connectivity index (χ1n) is 11.6. The molecule has 0 aliphatic heterocycles. The zero-order valence-corrected chi connectivity index (χ0v) is 19.4. The normalized spacial score (nSPS) is 12.1. The fourth-order valence-electron chi connectivity index (χ4n) is 4.30. The molecule has 0 bridgehead atoms. The second kappa shape index (κ2) is 11.6. The zero-order valence-electron chi connectivity index (χ0n) is 19.4. The molecule has 6 nitrogen and oxygen atoms in total. The third-order valence-corrected chi connectivity index (χ3v) is 5.88. The van der Waals surface area contributed by atoms with Crippen LogP contribution in [0.4, 0.5) is 5.69 Å². The summed E-state index contributed by atoms with van der Waals surface area (Å²) in [4.78, 5) is 10.8. The van der Waals surface area contributed by atoms with Gasteiger partial charge in [0.2, 0.25) is 0 Å². The van der Waals surface area contributed by atoms with Crippen molar-refractivity contribution in [3.63, 3.8) is 0 Å². The van der Waals surface area contributed by atoms with E-state index in [1.807, 2.05) is 65.2 Å². The number of nitrogens with zero attached hydrogens (tertiary/aromatic N) is 1. The minimum absolute atomic E-state index is 0.203. The summed E-state index contributed by atoms with van der Waals surface area (Å²) in [6.07, 6.45) is 1.12. The first kappa shape index (κ1) is 24.4. The Hall–Kier alpha value is -3.25. The molecule has 6 heteroatoms. The lowest BCUT2D eigenvalue weighted by molar-refractivity contribution is -0.146. The molecule has 1 heterocycles. The summed E-state index contributed by atoms with van der Waals surface area (Å²) in [7, 11) is 0. The summed E-state index contributed by atoms with van der Waals surface area (Å²) in [6, 6.07) is 20.0. The van der Waals surface area contributed by atoms with Gasteiger partial charge in [-0.2, -0.15) is 0 Å². The SMILES string of the molecule is CC(C)c1c(CNc2ccccc2)c(-c2ccccc2)c(O)n1CCCCCC(O)C(=O)O. The van der Waals surface area contributed by atoms with Crippen LogP contribution in [0.3, 0.4) is 0 Å². The van der Waals surface area contributed by atoms with Gasteiger partial charge in [0.25, 0.3) is 0 Å². The van der Waals surface area contributed by atoms with Crippen LogP contribution in [0.25, 0.3) is 11.1 Å². The number of nitrogens with one attached hydrogen (secondary N) is 1. The number of carboxylic acid groups (broad SMARTS) is 1. The molecule has 0 saturated heterocycles. The quantitative estimate of drug-likeness (QED) is 0.269. The van der Waals surface area contributed by atoms with Crippen LogP contribution < -0.4 is 5.32 Å². The Morgan fingerprint density at radius 2 is 1.61 bits per heavy atom. The molecular weight excluding hydrogens is 416 g/mol. The van der Waals surface area contributed by atoms with E-state index in [1.54, 1.807) is 0 Å². The van der Waals surface area contributed by atoms with Gasteiger partial charge in [-0.25, -0.2) is 4.79 Å². The molecule has 0 aliphatic carbocycles. The average Bonchev–Trinajstić information content (AvgIpc) is 3.09. The molecular formula is C27H34N2O4. The summed E-state index contributed by atoms with van der Waals surface area (Å²) in [6.45, 7) is 5.49. The van der Waals surface area contributed by atoms with E-state index in [0.717, 1.165) is 40.9 Å². The van der Waals surface area contributed by atoms with Gasteiger partial charge in [-0.05, 0) is 36.5 Å². The monoisotopic (exact) mass is 450 g/mol. The predicted octanol–water partition coefficient (Wildman–Crippen LogP) is 5.60. The van der Waals surface area contributed by atoms with Crippen LogP contribution in [0, 0.1) is 0 Å². The Morgan fingerprint density at radius 3 is 2.21 bits per heavy atom. The number of aromatic hydroxyl groups is 1. The van der Waals surface area contributed by atoms with Crippen LogP contribution in [0.2, 0.25) is 0 Å². The summed E-state index contributed by atoms with van der Waals surface area (Å²) < 4.78 is 2.00. The maximum absolute atomic E-state index is 11.3.